The number of benzene rings is 2. The van der Waals surface area contributed by atoms with Crippen molar-refractivity contribution in [2.75, 3.05) is 6.54 Å². The summed E-state index contributed by atoms with van der Waals surface area (Å²) in [6, 6.07) is 16.8. The van der Waals surface area contributed by atoms with Crippen molar-refractivity contribution in [3.63, 3.8) is 0 Å². The molecule has 0 bridgehead atoms. The molecule has 0 unspecified atom stereocenters. The minimum absolute atomic E-state index is 0.207. The quantitative estimate of drug-likeness (QED) is 0.582. The molecule has 0 spiro atoms. The minimum Gasteiger partial charge on any atom is -0.445 e. The zero-order chi connectivity index (χ0) is 21.3. The molecule has 7 heteroatoms. The average molecular weight is 463 g/mol. The Morgan fingerprint density at radius 1 is 1.00 bits per heavy atom. The highest BCUT2D eigenvalue weighted by Gasteiger charge is 2.20. The van der Waals surface area contributed by atoms with Gasteiger partial charge in [0.05, 0.1) is 6.04 Å². The van der Waals surface area contributed by atoms with Crippen LogP contribution in [0.15, 0.2) is 59.1 Å². The number of carbonyl (C=O) groups is 2. The van der Waals surface area contributed by atoms with Gasteiger partial charge in [-0.1, -0.05) is 58.4 Å². The van der Waals surface area contributed by atoms with E-state index in [-0.39, 0.29) is 12.6 Å². The maximum atomic E-state index is 12.2. The van der Waals surface area contributed by atoms with E-state index in [1.54, 1.807) is 0 Å². The molecule has 29 heavy (non-hydrogen) atoms. The topological polar surface area (TPSA) is 76.7 Å². The lowest BCUT2D eigenvalue weighted by atomic mass is 10.0. The first kappa shape index (κ1) is 22.7. The van der Waals surface area contributed by atoms with Crippen LogP contribution in [0.3, 0.4) is 0 Å². The van der Waals surface area contributed by atoms with Gasteiger partial charge in [0, 0.05) is 11.0 Å². The number of amides is 2. The number of alkyl carbamates (subject to hydrolysis) is 2. The fourth-order valence-electron chi connectivity index (χ4n) is 2.56. The van der Waals surface area contributed by atoms with Gasteiger partial charge in [-0.25, -0.2) is 9.59 Å². The second-order valence-electron chi connectivity index (χ2n) is 7.53. The van der Waals surface area contributed by atoms with Gasteiger partial charge in [-0.05, 0) is 50.5 Å². The fraction of sp³-hybridized carbons (Fsp3) is 0.364. The van der Waals surface area contributed by atoms with Crippen molar-refractivity contribution in [2.45, 2.75) is 45.4 Å². The fourth-order valence-corrected chi connectivity index (χ4v) is 2.82. The Balaban J connectivity index is 1.88. The molecule has 2 N–H and O–H groups in total. The van der Waals surface area contributed by atoms with E-state index in [9.17, 15) is 9.59 Å². The van der Waals surface area contributed by atoms with Crippen LogP contribution < -0.4 is 10.6 Å². The number of carbonyl (C=O) groups excluding carboxylic acids is 2. The number of ether oxygens (including phenoxy) is 2. The first-order valence-corrected chi connectivity index (χ1v) is 10.2. The Labute approximate surface area is 180 Å². The lowest BCUT2D eigenvalue weighted by Gasteiger charge is -2.24. The van der Waals surface area contributed by atoms with E-state index in [1.807, 2.05) is 75.4 Å². The van der Waals surface area contributed by atoms with E-state index < -0.39 is 17.8 Å². The lowest BCUT2D eigenvalue weighted by Crippen LogP contribution is -2.36. The third-order valence-corrected chi connectivity index (χ3v) is 4.41. The molecule has 0 radical (unpaired) electrons. The molecule has 2 rings (SSSR count). The highest BCUT2D eigenvalue weighted by Crippen LogP contribution is 2.20. The third kappa shape index (κ3) is 9.00. The number of nitrogens with one attached hydrogen (secondary N) is 2. The first-order valence-electron chi connectivity index (χ1n) is 9.42. The molecule has 0 aliphatic rings. The Kier molecular flexibility index (Phi) is 8.51. The Bertz CT molecular complexity index is 789. The molecule has 0 aromatic heterocycles. The van der Waals surface area contributed by atoms with Crippen LogP contribution >= 0.6 is 15.9 Å². The Hall–Kier alpha value is -2.54. The standard InChI is InChI=1S/C22H27BrN2O4/c1-22(2,3)29-21(27)25-19(17-9-11-18(23)12-10-17)13-14-24-20(26)28-15-16-7-5-4-6-8-16/h4-12,19H,13-15H2,1-3H3,(H,24,26)(H,25,27)/t19-/m0/s1. The summed E-state index contributed by atoms with van der Waals surface area (Å²) in [5, 5.41) is 5.60. The third-order valence-electron chi connectivity index (χ3n) is 3.88. The van der Waals surface area contributed by atoms with Crippen molar-refractivity contribution >= 4 is 28.1 Å². The van der Waals surface area contributed by atoms with Gasteiger partial charge in [0.1, 0.15) is 12.2 Å². The van der Waals surface area contributed by atoms with E-state index in [4.69, 9.17) is 9.47 Å². The van der Waals surface area contributed by atoms with Gasteiger partial charge >= 0.3 is 12.2 Å². The molecular formula is C22H27BrN2O4. The molecule has 2 aromatic rings. The summed E-state index contributed by atoms with van der Waals surface area (Å²) in [5.41, 5.74) is 1.24. The maximum absolute atomic E-state index is 12.2. The van der Waals surface area contributed by atoms with Crippen LogP contribution in [0.5, 0.6) is 0 Å². The maximum Gasteiger partial charge on any atom is 0.408 e. The predicted octanol–water partition coefficient (Wildman–Crippen LogP) is 5.33. The van der Waals surface area contributed by atoms with Gasteiger partial charge in [0.25, 0.3) is 0 Å². The number of hydrogen-bond donors (Lipinski definition) is 2. The summed E-state index contributed by atoms with van der Waals surface area (Å²) in [7, 11) is 0. The Morgan fingerprint density at radius 3 is 2.28 bits per heavy atom. The van der Waals surface area contributed by atoms with Crippen LogP contribution in [-0.2, 0) is 16.1 Å². The van der Waals surface area contributed by atoms with Crippen molar-refractivity contribution in [2.24, 2.45) is 0 Å². The zero-order valence-electron chi connectivity index (χ0n) is 16.9. The number of rotatable bonds is 7. The van der Waals surface area contributed by atoms with Crippen LogP contribution in [0.1, 0.15) is 44.4 Å². The number of halogens is 1. The van der Waals surface area contributed by atoms with E-state index in [1.165, 1.54) is 0 Å². The highest BCUT2D eigenvalue weighted by molar-refractivity contribution is 9.10. The van der Waals surface area contributed by atoms with Crippen molar-refractivity contribution in [3.05, 3.63) is 70.2 Å². The molecule has 0 aliphatic carbocycles. The van der Waals surface area contributed by atoms with Gasteiger partial charge in [0.2, 0.25) is 0 Å². The van der Waals surface area contributed by atoms with Crippen LogP contribution in [0, 0.1) is 0 Å². The van der Waals surface area contributed by atoms with Gasteiger partial charge in [-0.2, -0.15) is 0 Å². The average Bonchev–Trinajstić information content (AvgIpc) is 2.65. The van der Waals surface area contributed by atoms with E-state index in [0.29, 0.717) is 13.0 Å². The SMILES string of the molecule is CC(C)(C)OC(=O)N[C@@H](CCNC(=O)OCc1ccccc1)c1ccc(Br)cc1. The molecule has 0 saturated carbocycles. The van der Waals surface area contributed by atoms with Crippen LogP contribution in [0.2, 0.25) is 0 Å². The predicted molar refractivity (Wildman–Crippen MR) is 115 cm³/mol. The second-order valence-corrected chi connectivity index (χ2v) is 8.44. The van der Waals surface area contributed by atoms with E-state index >= 15 is 0 Å². The van der Waals surface area contributed by atoms with Gasteiger partial charge < -0.3 is 20.1 Å². The first-order chi connectivity index (χ1) is 13.7. The molecule has 0 saturated heterocycles. The molecule has 1 atom stereocenters. The summed E-state index contributed by atoms with van der Waals surface area (Å²) >= 11 is 3.41. The second kappa shape index (κ2) is 10.9. The van der Waals surface area contributed by atoms with Crippen molar-refractivity contribution in [1.29, 1.82) is 0 Å². The largest absolute Gasteiger partial charge is 0.445 e. The summed E-state index contributed by atoms with van der Waals surface area (Å²) in [6.45, 7) is 5.98. The van der Waals surface area contributed by atoms with Gasteiger partial charge in [-0.3, -0.25) is 0 Å². The van der Waals surface area contributed by atoms with Gasteiger partial charge in [-0.15, -0.1) is 0 Å². The lowest BCUT2D eigenvalue weighted by molar-refractivity contribution is 0.0501. The molecule has 0 fully saturated rings. The molecule has 2 aromatic carbocycles. The molecule has 2 amide bonds. The summed E-state index contributed by atoms with van der Waals surface area (Å²) in [6.07, 6.45) is -0.515. The van der Waals surface area contributed by atoms with E-state index in [0.717, 1.165) is 15.6 Å². The Morgan fingerprint density at radius 2 is 1.66 bits per heavy atom. The molecule has 156 valence electrons. The monoisotopic (exact) mass is 462 g/mol. The van der Waals surface area contributed by atoms with Crippen LogP contribution in [0.25, 0.3) is 0 Å². The molecule has 0 aliphatic heterocycles. The van der Waals surface area contributed by atoms with Gasteiger partial charge in [0.15, 0.2) is 0 Å². The van der Waals surface area contributed by atoms with Crippen molar-refractivity contribution in [1.82, 2.24) is 10.6 Å². The zero-order valence-corrected chi connectivity index (χ0v) is 18.5. The van der Waals surface area contributed by atoms with E-state index in [2.05, 4.69) is 26.6 Å². The highest BCUT2D eigenvalue weighted by atomic mass is 79.9. The summed E-state index contributed by atoms with van der Waals surface area (Å²) < 4.78 is 11.5. The normalized spacial score (nSPS) is 12.0. The van der Waals surface area contributed by atoms with Crippen molar-refractivity contribution in [3.8, 4) is 0 Å². The molecular weight excluding hydrogens is 436 g/mol. The molecule has 6 nitrogen and oxygen atoms in total. The van der Waals surface area contributed by atoms with Crippen LogP contribution in [0.4, 0.5) is 9.59 Å². The smallest absolute Gasteiger partial charge is 0.408 e. The summed E-state index contributed by atoms with van der Waals surface area (Å²) in [5.74, 6) is 0. The molecule has 0 heterocycles. The number of hydrogen-bond acceptors (Lipinski definition) is 4. The minimum atomic E-state index is -0.589. The van der Waals surface area contributed by atoms with Crippen molar-refractivity contribution < 1.29 is 19.1 Å². The summed E-state index contributed by atoms with van der Waals surface area (Å²) in [4.78, 5) is 24.1. The van der Waals surface area contributed by atoms with Crippen LogP contribution in [-0.4, -0.2) is 24.3 Å².